The number of rotatable bonds is 6. The van der Waals surface area contributed by atoms with Crippen molar-refractivity contribution in [2.75, 3.05) is 7.11 Å². The van der Waals surface area contributed by atoms with Crippen LogP contribution >= 0.6 is 0 Å². The number of hydrogen-bond donors (Lipinski definition) is 1. The fraction of sp³-hybridized carbons (Fsp3) is 0.0667. The van der Waals surface area contributed by atoms with E-state index in [2.05, 4.69) is 10.5 Å². The van der Waals surface area contributed by atoms with Crippen molar-refractivity contribution < 1.29 is 19.4 Å². The fourth-order valence-electron chi connectivity index (χ4n) is 1.89. The van der Waals surface area contributed by atoms with Gasteiger partial charge in [-0.25, -0.2) is 5.43 Å². The number of hydrazone groups is 1. The summed E-state index contributed by atoms with van der Waals surface area (Å²) in [5.74, 6) is -0.466. The molecule has 0 aliphatic heterocycles. The van der Waals surface area contributed by atoms with Gasteiger partial charge >= 0.3 is 5.69 Å². The van der Waals surface area contributed by atoms with E-state index in [1.807, 2.05) is 0 Å². The smallest absolute Gasteiger partial charge is 0.311 e. The minimum atomic E-state index is -0.592. The van der Waals surface area contributed by atoms with Crippen molar-refractivity contribution in [1.29, 1.82) is 0 Å². The van der Waals surface area contributed by atoms with E-state index in [0.29, 0.717) is 5.56 Å². The van der Waals surface area contributed by atoms with Crippen LogP contribution in [0.3, 0.4) is 0 Å². The molecule has 0 spiro atoms. The van der Waals surface area contributed by atoms with Gasteiger partial charge in [-0.3, -0.25) is 25.0 Å². The van der Waals surface area contributed by atoms with E-state index in [1.165, 1.54) is 55.8 Å². The summed E-state index contributed by atoms with van der Waals surface area (Å²) in [7, 11) is 1.32. The average molecular weight is 344 g/mol. The Bertz CT molecular complexity index is 848. The van der Waals surface area contributed by atoms with Crippen LogP contribution in [0.15, 0.2) is 47.6 Å². The molecular formula is C15H12N4O6. The van der Waals surface area contributed by atoms with Crippen LogP contribution in [0.5, 0.6) is 5.75 Å². The molecule has 0 bridgehead atoms. The number of benzene rings is 2. The van der Waals surface area contributed by atoms with Crippen LogP contribution in [0.2, 0.25) is 0 Å². The molecule has 10 nitrogen and oxygen atoms in total. The largest absolute Gasteiger partial charge is 0.490 e. The van der Waals surface area contributed by atoms with Crippen molar-refractivity contribution >= 4 is 23.5 Å². The van der Waals surface area contributed by atoms with E-state index >= 15 is 0 Å². The van der Waals surface area contributed by atoms with Crippen LogP contribution < -0.4 is 10.2 Å². The van der Waals surface area contributed by atoms with Gasteiger partial charge in [0.1, 0.15) is 0 Å². The van der Waals surface area contributed by atoms with Gasteiger partial charge in [0.15, 0.2) is 5.75 Å². The van der Waals surface area contributed by atoms with Crippen LogP contribution in [0.4, 0.5) is 11.4 Å². The Kier molecular flexibility index (Phi) is 5.36. The van der Waals surface area contributed by atoms with Crippen molar-refractivity contribution in [2.24, 2.45) is 5.10 Å². The number of non-ortho nitro benzene ring substituents is 1. The van der Waals surface area contributed by atoms with Crippen LogP contribution in [-0.2, 0) is 0 Å². The Morgan fingerprint density at radius 2 is 1.80 bits per heavy atom. The highest BCUT2D eigenvalue weighted by Gasteiger charge is 2.14. The number of carbonyl (C=O) groups excluding carboxylic acids is 1. The summed E-state index contributed by atoms with van der Waals surface area (Å²) in [6, 6.07) is 9.19. The minimum absolute atomic E-state index is 0.108. The molecule has 0 heterocycles. The predicted octanol–water partition coefficient (Wildman–Crippen LogP) is 2.28. The van der Waals surface area contributed by atoms with Crippen LogP contribution in [0.25, 0.3) is 0 Å². The van der Waals surface area contributed by atoms with Crippen molar-refractivity contribution in [3.63, 3.8) is 0 Å². The molecule has 1 amide bonds. The van der Waals surface area contributed by atoms with Crippen LogP contribution in [0, 0.1) is 20.2 Å². The van der Waals surface area contributed by atoms with Gasteiger partial charge in [0.25, 0.3) is 11.6 Å². The standard InChI is InChI=1S/C15H12N4O6/c1-25-14-7-2-10(8-13(14)19(23)24)9-16-17-15(20)11-3-5-12(6-4-11)18(21)22/h2-9H,1H3,(H,17,20)/b16-9-. The molecule has 0 radical (unpaired) electrons. The summed E-state index contributed by atoms with van der Waals surface area (Å²) in [5.41, 5.74) is 2.44. The number of nitro groups is 2. The SMILES string of the molecule is COc1ccc(/C=N\NC(=O)c2ccc([N+](=O)[O-])cc2)cc1[N+](=O)[O-]. The molecule has 0 aliphatic carbocycles. The highest BCUT2D eigenvalue weighted by atomic mass is 16.6. The van der Waals surface area contributed by atoms with Gasteiger partial charge < -0.3 is 4.74 Å². The van der Waals surface area contributed by atoms with Gasteiger partial charge in [0.2, 0.25) is 0 Å². The maximum Gasteiger partial charge on any atom is 0.311 e. The van der Waals surface area contributed by atoms with E-state index in [9.17, 15) is 25.0 Å². The number of nitrogens with zero attached hydrogens (tertiary/aromatic N) is 3. The Morgan fingerprint density at radius 3 is 2.36 bits per heavy atom. The second kappa shape index (κ2) is 7.64. The topological polar surface area (TPSA) is 137 Å². The van der Waals surface area contributed by atoms with Gasteiger partial charge in [0, 0.05) is 29.3 Å². The summed E-state index contributed by atoms with van der Waals surface area (Å²) in [4.78, 5) is 32.2. The van der Waals surface area contributed by atoms with Gasteiger partial charge in [-0.05, 0) is 24.3 Å². The Labute approximate surface area is 141 Å². The first-order chi connectivity index (χ1) is 11.9. The van der Waals surface area contributed by atoms with Crippen molar-refractivity contribution in [3.8, 4) is 5.75 Å². The lowest BCUT2D eigenvalue weighted by Gasteiger charge is -2.02. The third-order valence-corrected chi connectivity index (χ3v) is 3.12. The Hall–Kier alpha value is -3.82. The van der Waals surface area contributed by atoms with E-state index in [1.54, 1.807) is 0 Å². The highest BCUT2D eigenvalue weighted by Crippen LogP contribution is 2.26. The molecular weight excluding hydrogens is 332 g/mol. The number of methoxy groups -OCH3 is 1. The fourth-order valence-corrected chi connectivity index (χ4v) is 1.89. The molecule has 0 aromatic heterocycles. The third-order valence-electron chi connectivity index (χ3n) is 3.12. The molecule has 0 aliphatic rings. The summed E-state index contributed by atoms with van der Waals surface area (Å²) in [5, 5.41) is 25.2. The number of nitro benzene ring substituents is 2. The lowest BCUT2D eigenvalue weighted by Crippen LogP contribution is -2.17. The summed E-state index contributed by atoms with van der Waals surface area (Å²) < 4.78 is 4.88. The number of nitrogens with one attached hydrogen (secondary N) is 1. The van der Waals surface area contributed by atoms with Crippen LogP contribution in [0.1, 0.15) is 15.9 Å². The predicted molar refractivity (Wildman–Crippen MR) is 87.8 cm³/mol. The molecule has 1 N–H and O–H groups in total. The van der Waals surface area contributed by atoms with E-state index in [0.717, 1.165) is 0 Å². The molecule has 2 aromatic carbocycles. The molecule has 2 rings (SSSR count). The quantitative estimate of drug-likeness (QED) is 0.485. The van der Waals surface area contributed by atoms with Gasteiger partial charge in [0.05, 0.1) is 23.2 Å². The molecule has 10 heteroatoms. The molecule has 25 heavy (non-hydrogen) atoms. The Balaban J connectivity index is 2.07. The van der Waals surface area contributed by atoms with Gasteiger partial charge in [-0.15, -0.1) is 0 Å². The monoisotopic (exact) mass is 344 g/mol. The maximum absolute atomic E-state index is 11.9. The van der Waals surface area contributed by atoms with Gasteiger partial charge in [-0.2, -0.15) is 5.10 Å². The molecule has 2 aromatic rings. The second-order valence-electron chi connectivity index (χ2n) is 4.69. The first kappa shape index (κ1) is 17.5. The minimum Gasteiger partial charge on any atom is -0.490 e. The average Bonchev–Trinajstić information content (AvgIpc) is 2.61. The third kappa shape index (κ3) is 4.34. The van der Waals surface area contributed by atoms with E-state index < -0.39 is 15.8 Å². The molecule has 128 valence electrons. The van der Waals surface area contributed by atoms with E-state index in [4.69, 9.17) is 4.74 Å². The first-order valence-corrected chi connectivity index (χ1v) is 6.82. The lowest BCUT2D eigenvalue weighted by molar-refractivity contribution is -0.385. The number of ether oxygens (including phenoxy) is 1. The van der Waals surface area contributed by atoms with Crippen molar-refractivity contribution in [1.82, 2.24) is 5.43 Å². The van der Waals surface area contributed by atoms with Crippen molar-refractivity contribution in [3.05, 3.63) is 73.8 Å². The summed E-state index contributed by atoms with van der Waals surface area (Å²) >= 11 is 0. The Morgan fingerprint density at radius 1 is 1.12 bits per heavy atom. The zero-order valence-electron chi connectivity index (χ0n) is 12.9. The lowest BCUT2D eigenvalue weighted by atomic mass is 10.2. The highest BCUT2D eigenvalue weighted by molar-refractivity contribution is 5.95. The normalized spacial score (nSPS) is 10.4. The summed E-state index contributed by atoms with van der Waals surface area (Å²) in [6.45, 7) is 0. The molecule has 0 saturated heterocycles. The first-order valence-electron chi connectivity index (χ1n) is 6.82. The zero-order chi connectivity index (χ0) is 18.4. The van der Waals surface area contributed by atoms with Gasteiger partial charge in [-0.1, -0.05) is 0 Å². The van der Waals surface area contributed by atoms with E-state index in [-0.39, 0.29) is 22.7 Å². The number of amides is 1. The molecule has 0 unspecified atom stereocenters. The molecule has 0 saturated carbocycles. The zero-order valence-corrected chi connectivity index (χ0v) is 12.9. The molecule has 0 atom stereocenters. The molecule has 0 fully saturated rings. The number of carbonyl (C=O) groups is 1. The number of hydrogen-bond acceptors (Lipinski definition) is 7. The summed E-state index contributed by atoms with van der Waals surface area (Å²) in [6.07, 6.45) is 1.23. The van der Waals surface area contributed by atoms with Crippen LogP contribution in [-0.4, -0.2) is 29.1 Å². The maximum atomic E-state index is 11.9. The van der Waals surface area contributed by atoms with Crippen molar-refractivity contribution in [2.45, 2.75) is 0 Å². The second-order valence-corrected chi connectivity index (χ2v) is 4.69.